The Hall–Kier alpha value is -0.610. The van der Waals surface area contributed by atoms with Crippen molar-refractivity contribution >= 4 is 5.91 Å². The van der Waals surface area contributed by atoms with Crippen molar-refractivity contribution in [2.45, 2.75) is 70.5 Å². The van der Waals surface area contributed by atoms with E-state index in [4.69, 9.17) is 0 Å². The lowest BCUT2D eigenvalue weighted by Gasteiger charge is -2.37. The average Bonchev–Trinajstić information content (AvgIpc) is 2.77. The normalized spacial score (nSPS) is 29.7. The maximum absolute atomic E-state index is 12.9. The summed E-state index contributed by atoms with van der Waals surface area (Å²) in [7, 11) is 0. The van der Waals surface area contributed by atoms with Crippen molar-refractivity contribution in [1.82, 2.24) is 14.7 Å². The highest BCUT2D eigenvalue weighted by Gasteiger charge is 2.36. The van der Waals surface area contributed by atoms with Crippen molar-refractivity contribution in [3.05, 3.63) is 0 Å². The lowest BCUT2D eigenvalue weighted by molar-refractivity contribution is -0.136. The van der Waals surface area contributed by atoms with Gasteiger partial charge in [0.2, 0.25) is 5.91 Å². The highest BCUT2D eigenvalue weighted by atomic mass is 16.2. The van der Waals surface area contributed by atoms with Gasteiger partial charge in [0.25, 0.3) is 0 Å². The first-order valence-electron chi connectivity index (χ1n) is 8.95. The van der Waals surface area contributed by atoms with E-state index in [1.807, 2.05) is 0 Å². The maximum atomic E-state index is 12.9. The summed E-state index contributed by atoms with van der Waals surface area (Å²) in [6.07, 6.45) is 7.53. The molecule has 2 aliphatic heterocycles. The van der Waals surface area contributed by atoms with Gasteiger partial charge in [-0.2, -0.15) is 0 Å². The number of amides is 1. The molecule has 3 fully saturated rings. The Morgan fingerprint density at radius 2 is 1.71 bits per heavy atom. The zero-order chi connectivity index (χ0) is 14.8. The lowest BCUT2D eigenvalue weighted by atomic mass is 9.91. The van der Waals surface area contributed by atoms with E-state index < -0.39 is 0 Å². The monoisotopic (exact) mass is 293 g/mol. The third-order valence-electron chi connectivity index (χ3n) is 5.68. The standard InChI is InChI=1S/C17H31N3O/c1-14(2)20-11-4-8-16(20)17(21)19-10-5-9-18(12-13-19)15-6-3-7-15/h14-16H,3-13H2,1-2H3/t16-/m0/s1. The summed E-state index contributed by atoms with van der Waals surface area (Å²) in [5, 5.41) is 0. The first kappa shape index (κ1) is 15.3. The molecular weight excluding hydrogens is 262 g/mol. The van der Waals surface area contributed by atoms with Crippen molar-refractivity contribution in [2.75, 3.05) is 32.7 Å². The van der Waals surface area contributed by atoms with Crippen molar-refractivity contribution in [1.29, 1.82) is 0 Å². The van der Waals surface area contributed by atoms with Crippen LogP contribution in [0.25, 0.3) is 0 Å². The Bertz CT molecular complexity index is 367. The molecule has 1 saturated carbocycles. The molecule has 0 N–H and O–H groups in total. The van der Waals surface area contributed by atoms with Crippen LogP contribution >= 0.6 is 0 Å². The molecule has 0 aromatic carbocycles. The van der Waals surface area contributed by atoms with E-state index in [2.05, 4.69) is 28.5 Å². The fourth-order valence-electron chi connectivity index (χ4n) is 4.16. The molecule has 0 unspecified atom stereocenters. The van der Waals surface area contributed by atoms with Gasteiger partial charge in [-0.1, -0.05) is 6.42 Å². The van der Waals surface area contributed by atoms with E-state index >= 15 is 0 Å². The summed E-state index contributed by atoms with van der Waals surface area (Å²) in [4.78, 5) is 20.1. The smallest absolute Gasteiger partial charge is 0.239 e. The number of hydrogen-bond acceptors (Lipinski definition) is 3. The molecule has 0 spiro atoms. The predicted molar refractivity (Wildman–Crippen MR) is 85.3 cm³/mol. The molecule has 3 rings (SSSR count). The minimum Gasteiger partial charge on any atom is -0.340 e. The van der Waals surface area contributed by atoms with Crippen LogP contribution in [0.3, 0.4) is 0 Å². The third kappa shape index (κ3) is 3.26. The molecule has 0 bridgehead atoms. The van der Waals surface area contributed by atoms with Crippen LogP contribution in [-0.2, 0) is 4.79 Å². The van der Waals surface area contributed by atoms with Gasteiger partial charge < -0.3 is 4.90 Å². The first-order valence-corrected chi connectivity index (χ1v) is 8.95. The van der Waals surface area contributed by atoms with E-state index in [1.165, 1.54) is 32.2 Å². The van der Waals surface area contributed by atoms with Crippen LogP contribution in [0.4, 0.5) is 0 Å². The highest BCUT2D eigenvalue weighted by Crippen LogP contribution is 2.26. The largest absolute Gasteiger partial charge is 0.340 e. The van der Waals surface area contributed by atoms with Crippen LogP contribution in [0.15, 0.2) is 0 Å². The molecule has 2 heterocycles. The Morgan fingerprint density at radius 3 is 2.38 bits per heavy atom. The molecule has 2 saturated heterocycles. The number of carbonyl (C=O) groups excluding carboxylic acids is 1. The molecule has 4 nitrogen and oxygen atoms in total. The summed E-state index contributed by atoms with van der Waals surface area (Å²) in [5.74, 6) is 0.400. The van der Waals surface area contributed by atoms with E-state index in [9.17, 15) is 4.79 Å². The van der Waals surface area contributed by atoms with Gasteiger partial charge in [0, 0.05) is 38.3 Å². The van der Waals surface area contributed by atoms with Crippen molar-refractivity contribution in [2.24, 2.45) is 0 Å². The number of hydrogen-bond donors (Lipinski definition) is 0. The molecule has 0 radical (unpaired) electrons. The van der Waals surface area contributed by atoms with Crippen LogP contribution in [0.2, 0.25) is 0 Å². The summed E-state index contributed by atoms with van der Waals surface area (Å²) in [6, 6.07) is 1.46. The van der Waals surface area contributed by atoms with Gasteiger partial charge in [0.1, 0.15) is 0 Å². The fourth-order valence-corrected chi connectivity index (χ4v) is 4.16. The van der Waals surface area contributed by atoms with Crippen molar-refractivity contribution in [3.63, 3.8) is 0 Å². The number of likely N-dealkylation sites (tertiary alicyclic amines) is 1. The maximum Gasteiger partial charge on any atom is 0.239 e. The van der Waals surface area contributed by atoms with Crippen LogP contribution < -0.4 is 0 Å². The summed E-state index contributed by atoms with van der Waals surface area (Å²) in [6.45, 7) is 9.70. The molecule has 0 aromatic heterocycles. The third-order valence-corrected chi connectivity index (χ3v) is 5.68. The SMILES string of the molecule is CC(C)N1CCC[C@H]1C(=O)N1CCCN(C2CCC2)CC1. The van der Waals surface area contributed by atoms with Gasteiger partial charge in [-0.05, 0) is 52.5 Å². The minimum atomic E-state index is 0.153. The molecule has 1 amide bonds. The number of nitrogens with zero attached hydrogens (tertiary/aromatic N) is 3. The van der Waals surface area contributed by atoms with Gasteiger partial charge >= 0.3 is 0 Å². The van der Waals surface area contributed by atoms with Gasteiger partial charge in [-0.25, -0.2) is 0 Å². The van der Waals surface area contributed by atoms with Crippen LogP contribution in [0.5, 0.6) is 0 Å². The molecule has 0 aromatic rings. The van der Waals surface area contributed by atoms with E-state index in [-0.39, 0.29) is 6.04 Å². The summed E-state index contributed by atoms with van der Waals surface area (Å²) in [5.41, 5.74) is 0. The molecule has 120 valence electrons. The Balaban J connectivity index is 1.57. The van der Waals surface area contributed by atoms with Gasteiger partial charge in [0.05, 0.1) is 6.04 Å². The van der Waals surface area contributed by atoms with Crippen LogP contribution in [-0.4, -0.2) is 71.5 Å². The van der Waals surface area contributed by atoms with Crippen molar-refractivity contribution in [3.8, 4) is 0 Å². The van der Waals surface area contributed by atoms with E-state index in [1.54, 1.807) is 0 Å². The van der Waals surface area contributed by atoms with Crippen LogP contribution in [0.1, 0.15) is 52.4 Å². The quantitative estimate of drug-likeness (QED) is 0.796. The highest BCUT2D eigenvalue weighted by molar-refractivity contribution is 5.82. The second-order valence-electron chi connectivity index (χ2n) is 7.29. The zero-order valence-corrected chi connectivity index (χ0v) is 13.8. The van der Waals surface area contributed by atoms with E-state index in [0.29, 0.717) is 11.9 Å². The van der Waals surface area contributed by atoms with Gasteiger partial charge in [-0.3, -0.25) is 14.6 Å². The summed E-state index contributed by atoms with van der Waals surface area (Å²) >= 11 is 0. The Kier molecular flexibility index (Phi) is 4.85. The van der Waals surface area contributed by atoms with Crippen LogP contribution in [0, 0.1) is 0 Å². The Labute approximate surface area is 129 Å². The van der Waals surface area contributed by atoms with Gasteiger partial charge in [0.15, 0.2) is 0 Å². The van der Waals surface area contributed by atoms with E-state index in [0.717, 1.165) is 45.1 Å². The predicted octanol–water partition coefficient (Wildman–Crippen LogP) is 1.95. The fraction of sp³-hybridized carbons (Fsp3) is 0.941. The van der Waals surface area contributed by atoms with Crippen molar-refractivity contribution < 1.29 is 4.79 Å². The lowest BCUT2D eigenvalue weighted by Crippen LogP contribution is -2.49. The second kappa shape index (κ2) is 6.66. The molecule has 4 heteroatoms. The number of carbonyl (C=O) groups is 1. The molecular formula is C17H31N3O. The molecule has 21 heavy (non-hydrogen) atoms. The van der Waals surface area contributed by atoms with Gasteiger partial charge in [-0.15, -0.1) is 0 Å². The Morgan fingerprint density at radius 1 is 0.905 bits per heavy atom. The molecule has 1 atom stereocenters. The zero-order valence-electron chi connectivity index (χ0n) is 13.8. The number of rotatable bonds is 3. The molecule has 1 aliphatic carbocycles. The topological polar surface area (TPSA) is 26.8 Å². The molecule has 3 aliphatic rings. The first-order chi connectivity index (χ1) is 10.2. The average molecular weight is 293 g/mol. The minimum absolute atomic E-state index is 0.153. The second-order valence-corrected chi connectivity index (χ2v) is 7.29. The summed E-state index contributed by atoms with van der Waals surface area (Å²) < 4.78 is 0.